The minimum absolute atomic E-state index is 0.108. The molecule has 1 N–H and O–H groups in total. The molecule has 136 valence electrons. The minimum Gasteiger partial charge on any atom is -0.308 e. The van der Waals surface area contributed by atoms with Gasteiger partial charge in [0.1, 0.15) is 6.17 Å². The van der Waals surface area contributed by atoms with Gasteiger partial charge in [0.2, 0.25) is 0 Å². The Hall–Kier alpha value is -0.150. The molecule has 0 spiro atoms. The van der Waals surface area contributed by atoms with Crippen molar-refractivity contribution in [3.8, 4) is 0 Å². The van der Waals surface area contributed by atoms with Gasteiger partial charge in [0, 0.05) is 24.7 Å². The molecule has 1 aliphatic heterocycles. The van der Waals surface area contributed by atoms with Gasteiger partial charge in [-0.3, -0.25) is 0 Å². The highest BCUT2D eigenvalue weighted by Gasteiger charge is 2.38. The number of likely N-dealkylation sites (tertiary alicyclic amines) is 1. The van der Waals surface area contributed by atoms with Crippen LogP contribution in [0.3, 0.4) is 0 Å². The highest BCUT2D eigenvalue weighted by atomic mass is 19.1. The zero-order valence-electron chi connectivity index (χ0n) is 16.3. The topological polar surface area (TPSA) is 15.3 Å². The highest BCUT2D eigenvalue weighted by Crippen LogP contribution is 2.41. The zero-order chi connectivity index (χ0) is 17.3. The average Bonchev–Trinajstić information content (AvgIpc) is 2.35. The van der Waals surface area contributed by atoms with E-state index in [1.165, 1.54) is 25.8 Å². The molecule has 1 heterocycles. The monoisotopic (exact) mass is 326 g/mol. The van der Waals surface area contributed by atoms with Crippen LogP contribution < -0.4 is 5.32 Å². The molecular formula is C20H39FN2. The van der Waals surface area contributed by atoms with Crippen molar-refractivity contribution in [3.05, 3.63) is 0 Å². The molecule has 1 aliphatic carbocycles. The predicted molar refractivity (Wildman–Crippen MR) is 97.5 cm³/mol. The third-order valence-electron chi connectivity index (χ3n) is 5.65. The van der Waals surface area contributed by atoms with Crippen LogP contribution in [0.25, 0.3) is 0 Å². The van der Waals surface area contributed by atoms with Crippen molar-refractivity contribution >= 4 is 0 Å². The molecule has 4 atom stereocenters. The maximum atomic E-state index is 14.6. The number of hydrogen-bond donors (Lipinski definition) is 1. The molecule has 2 rings (SSSR count). The lowest BCUT2D eigenvalue weighted by Gasteiger charge is -2.42. The Morgan fingerprint density at radius 2 is 1.74 bits per heavy atom. The molecule has 0 bridgehead atoms. The van der Waals surface area contributed by atoms with E-state index >= 15 is 0 Å². The number of halogens is 1. The SMILES string of the molecule is CC(C)(C)N[C@H]1CCCN(CC2CCC(C(C)(C)C)C(F)C2)C1. The van der Waals surface area contributed by atoms with Gasteiger partial charge >= 0.3 is 0 Å². The Morgan fingerprint density at radius 3 is 2.30 bits per heavy atom. The second-order valence-corrected chi connectivity index (χ2v) is 10.2. The average molecular weight is 327 g/mol. The summed E-state index contributed by atoms with van der Waals surface area (Å²) in [6.07, 6.45) is 4.97. The van der Waals surface area contributed by atoms with Gasteiger partial charge in [-0.2, -0.15) is 0 Å². The summed E-state index contributed by atoms with van der Waals surface area (Å²) in [6, 6.07) is 0.593. The van der Waals surface area contributed by atoms with E-state index < -0.39 is 6.17 Å². The van der Waals surface area contributed by atoms with Gasteiger partial charge < -0.3 is 10.2 Å². The van der Waals surface area contributed by atoms with E-state index in [1.807, 2.05) is 0 Å². The molecule has 2 aliphatic rings. The predicted octanol–water partition coefficient (Wildman–Crippen LogP) is 4.64. The van der Waals surface area contributed by atoms with Crippen molar-refractivity contribution in [1.82, 2.24) is 10.2 Å². The van der Waals surface area contributed by atoms with Crippen LogP contribution in [0.1, 0.15) is 73.6 Å². The smallest absolute Gasteiger partial charge is 0.104 e. The number of hydrogen-bond acceptors (Lipinski definition) is 2. The summed E-state index contributed by atoms with van der Waals surface area (Å²) >= 11 is 0. The number of nitrogens with one attached hydrogen (secondary N) is 1. The largest absolute Gasteiger partial charge is 0.308 e. The van der Waals surface area contributed by atoms with Crippen LogP contribution >= 0.6 is 0 Å². The molecule has 0 aromatic rings. The van der Waals surface area contributed by atoms with Crippen LogP contribution in [0.4, 0.5) is 4.39 Å². The van der Waals surface area contributed by atoms with Crippen molar-refractivity contribution < 1.29 is 4.39 Å². The summed E-state index contributed by atoms with van der Waals surface area (Å²) < 4.78 is 14.6. The van der Waals surface area contributed by atoms with Crippen molar-refractivity contribution in [2.45, 2.75) is 91.4 Å². The molecule has 0 aromatic carbocycles. The third-order valence-corrected chi connectivity index (χ3v) is 5.65. The first-order valence-corrected chi connectivity index (χ1v) is 9.69. The first-order chi connectivity index (χ1) is 10.5. The van der Waals surface area contributed by atoms with Gasteiger partial charge in [-0.25, -0.2) is 4.39 Å². The lowest BCUT2D eigenvalue weighted by atomic mass is 9.68. The molecular weight excluding hydrogens is 287 g/mol. The summed E-state index contributed by atoms with van der Waals surface area (Å²) in [4.78, 5) is 2.59. The standard InChI is InChI=1S/C20H39FN2/c1-19(2,3)17-10-9-15(12-18(17)21)13-23-11-7-8-16(14-23)22-20(4,5)6/h15-18,22H,7-14H2,1-6H3/t15?,16-,17?,18?/m0/s1. The fourth-order valence-corrected chi connectivity index (χ4v) is 4.65. The lowest BCUT2D eigenvalue weighted by Crippen LogP contribution is -2.53. The molecule has 2 fully saturated rings. The Bertz CT molecular complexity index is 365. The fourth-order valence-electron chi connectivity index (χ4n) is 4.65. The van der Waals surface area contributed by atoms with E-state index in [-0.39, 0.29) is 16.9 Å². The molecule has 1 saturated heterocycles. The Kier molecular flexibility index (Phi) is 6.16. The molecule has 2 nitrogen and oxygen atoms in total. The second kappa shape index (κ2) is 7.39. The summed E-state index contributed by atoms with van der Waals surface area (Å²) in [5.41, 5.74) is 0.291. The van der Waals surface area contributed by atoms with Gasteiger partial charge in [-0.05, 0) is 76.7 Å². The quantitative estimate of drug-likeness (QED) is 0.813. The van der Waals surface area contributed by atoms with Gasteiger partial charge in [0.25, 0.3) is 0 Å². The molecule has 3 heteroatoms. The summed E-state index contributed by atoms with van der Waals surface area (Å²) in [6.45, 7) is 16.7. The fraction of sp³-hybridized carbons (Fsp3) is 1.00. The zero-order valence-corrected chi connectivity index (χ0v) is 16.3. The summed E-state index contributed by atoms with van der Waals surface area (Å²) in [5.74, 6) is 0.799. The minimum atomic E-state index is -0.609. The molecule has 0 amide bonds. The van der Waals surface area contributed by atoms with Crippen LogP contribution in [0.2, 0.25) is 0 Å². The first kappa shape index (κ1) is 19.2. The van der Waals surface area contributed by atoms with Crippen LogP contribution in [0.5, 0.6) is 0 Å². The summed E-state index contributed by atoms with van der Waals surface area (Å²) in [7, 11) is 0. The van der Waals surface area contributed by atoms with E-state index in [9.17, 15) is 4.39 Å². The molecule has 1 saturated carbocycles. The van der Waals surface area contributed by atoms with Gasteiger partial charge in [-0.1, -0.05) is 20.8 Å². The van der Waals surface area contributed by atoms with Crippen molar-refractivity contribution in [2.75, 3.05) is 19.6 Å². The van der Waals surface area contributed by atoms with Crippen LogP contribution in [0.15, 0.2) is 0 Å². The highest BCUT2D eigenvalue weighted by molar-refractivity contribution is 4.89. The summed E-state index contributed by atoms with van der Waals surface area (Å²) in [5, 5.41) is 3.75. The molecule has 0 aromatic heterocycles. The van der Waals surface area contributed by atoms with Crippen molar-refractivity contribution in [3.63, 3.8) is 0 Å². The van der Waals surface area contributed by atoms with Crippen LogP contribution in [-0.4, -0.2) is 42.3 Å². The lowest BCUT2D eigenvalue weighted by molar-refractivity contribution is 0.0345. The number of nitrogens with zero attached hydrogens (tertiary/aromatic N) is 1. The molecule has 23 heavy (non-hydrogen) atoms. The normalized spacial score (nSPS) is 34.6. The Labute approximate surface area is 143 Å². The van der Waals surface area contributed by atoms with E-state index in [2.05, 4.69) is 51.8 Å². The van der Waals surface area contributed by atoms with Crippen LogP contribution in [0, 0.1) is 17.3 Å². The number of piperidine rings is 1. The van der Waals surface area contributed by atoms with Crippen molar-refractivity contribution in [1.29, 1.82) is 0 Å². The van der Waals surface area contributed by atoms with Gasteiger partial charge in [0.05, 0.1) is 0 Å². The van der Waals surface area contributed by atoms with Crippen molar-refractivity contribution in [2.24, 2.45) is 17.3 Å². The maximum absolute atomic E-state index is 14.6. The maximum Gasteiger partial charge on any atom is 0.104 e. The number of alkyl halides is 1. The Balaban J connectivity index is 1.81. The van der Waals surface area contributed by atoms with Crippen LogP contribution in [-0.2, 0) is 0 Å². The van der Waals surface area contributed by atoms with E-state index in [0.29, 0.717) is 12.0 Å². The first-order valence-electron chi connectivity index (χ1n) is 9.69. The van der Waals surface area contributed by atoms with Gasteiger partial charge in [0.15, 0.2) is 0 Å². The Morgan fingerprint density at radius 1 is 1.04 bits per heavy atom. The van der Waals surface area contributed by atoms with E-state index in [0.717, 1.165) is 25.9 Å². The molecule has 3 unspecified atom stereocenters. The van der Waals surface area contributed by atoms with Gasteiger partial charge in [-0.15, -0.1) is 0 Å². The van der Waals surface area contributed by atoms with E-state index in [1.54, 1.807) is 0 Å². The van der Waals surface area contributed by atoms with E-state index in [4.69, 9.17) is 0 Å². The number of rotatable bonds is 3. The third kappa shape index (κ3) is 6.01. The molecule has 0 radical (unpaired) electrons. The second-order valence-electron chi connectivity index (χ2n) is 10.2.